The number of azide groups is 1. The van der Waals surface area contributed by atoms with Crippen molar-refractivity contribution in [2.24, 2.45) is 17.0 Å². The highest BCUT2D eigenvalue weighted by molar-refractivity contribution is 7.33. The van der Waals surface area contributed by atoms with E-state index < -0.39 is 20.6 Å². The smallest absolute Gasteiger partial charge is 0.344 e. The third kappa shape index (κ3) is 4.88. The van der Waals surface area contributed by atoms with Crippen LogP contribution in [0, 0.1) is 11.8 Å². The molecule has 24 heavy (non-hydrogen) atoms. The van der Waals surface area contributed by atoms with Crippen LogP contribution in [0.1, 0.15) is 48.0 Å². The molecule has 0 saturated carbocycles. The predicted octanol–water partition coefficient (Wildman–Crippen LogP) is 4.55. The van der Waals surface area contributed by atoms with Crippen LogP contribution < -0.4 is 0 Å². The molecule has 0 aromatic rings. The highest BCUT2D eigenvalue weighted by atomic mass is 31.1. The Hall–Kier alpha value is -0.750. The van der Waals surface area contributed by atoms with Crippen molar-refractivity contribution in [3.8, 4) is 0 Å². The van der Waals surface area contributed by atoms with Gasteiger partial charge in [0.05, 0.1) is 16.8 Å². The number of rotatable bonds is 9. The first kappa shape index (κ1) is 21.3. The maximum atomic E-state index is 12.4. The number of nitrogens with zero attached hydrogens (tertiary/aromatic N) is 4. The molecular formula is C15H31N4O4P+2. The molecule has 0 radical (unpaired) electrons. The quantitative estimate of drug-likeness (QED) is 0.150. The molecule has 1 saturated heterocycles. The molecule has 0 aromatic heterocycles. The van der Waals surface area contributed by atoms with Crippen LogP contribution in [-0.4, -0.2) is 42.7 Å². The van der Waals surface area contributed by atoms with Crippen LogP contribution in [0.3, 0.4) is 0 Å². The summed E-state index contributed by atoms with van der Waals surface area (Å²) in [5, 5.41) is 3.82. The van der Waals surface area contributed by atoms with Crippen LogP contribution in [-0.2, 0) is 18.5 Å². The number of ether oxygens (including phenoxy) is 1. The van der Waals surface area contributed by atoms with Crippen molar-refractivity contribution in [3.05, 3.63) is 10.4 Å². The van der Waals surface area contributed by atoms with E-state index in [0.717, 1.165) is 6.42 Å². The third-order valence-electron chi connectivity index (χ3n) is 5.29. The van der Waals surface area contributed by atoms with Crippen molar-refractivity contribution in [2.75, 3.05) is 19.6 Å². The molecule has 0 spiro atoms. The zero-order valence-corrected chi connectivity index (χ0v) is 16.5. The fourth-order valence-electron chi connectivity index (χ4n) is 3.14. The summed E-state index contributed by atoms with van der Waals surface area (Å²) in [6, 6.07) is -0.526. The molecule has 9 heteroatoms. The Morgan fingerprint density at radius 1 is 1.17 bits per heavy atom. The SMILES string of the molecule is CCC1O[C@@H](O[P+](=O)O[N+](CC)(CC)CC)C(N=[N+]=[N-])[C@@H](C)[C@@H]1C. The average Bonchev–Trinajstić information content (AvgIpc) is 2.59. The van der Waals surface area contributed by atoms with Crippen LogP contribution in [0.5, 0.6) is 0 Å². The topological polar surface area (TPSA) is 93.5 Å². The molecule has 1 rings (SSSR count). The van der Waals surface area contributed by atoms with E-state index in [1.807, 2.05) is 34.6 Å². The highest BCUT2D eigenvalue weighted by Gasteiger charge is 2.48. The standard InChI is InChI=1S/C15H31N4O4P/c1-7-13-11(5)12(6)14(17-18-16)15(21-13)22-24(20)23-19(8-2,9-3)10-4/h11-15H,7-10H2,1-6H3/q+2/t11-,12-,13?,14?,15-/m0/s1. The Morgan fingerprint density at radius 2 is 1.75 bits per heavy atom. The van der Waals surface area contributed by atoms with Crippen molar-refractivity contribution >= 4 is 8.25 Å². The Bertz CT molecular complexity index is 460. The van der Waals surface area contributed by atoms with Gasteiger partial charge in [-0.05, 0) is 44.6 Å². The van der Waals surface area contributed by atoms with Gasteiger partial charge in [-0.25, -0.2) is 0 Å². The fraction of sp³-hybridized carbons (Fsp3) is 1.00. The molecule has 8 nitrogen and oxygen atoms in total. The summed E-state index contributed by atoms with van der Waals surface area (Å²) in [6.07, 6.45) is -0.0698. The van der Waals surface area contributed by atoms with Crippen LogP contribution in [0.4, 0.5) is 0 Å². The second-order valence-corrected chi connectivity index (χ2v) is 7.10. The van der Waals surface area contributed by atoms with E-state index in [1.165, 1.54) is 0 Å². The summed E-state index contributed by atoms with van der Waals surface area (Å²) in [5.74, 6) is 0.289. The molecule has 0 bridgehead atoms. The van der Waals surface area contributed by atoms with E-state index >= 15 is 0 Å². The van der Waals surface area contributed by atoms with Crippen molar-refractivity contribution in [1.29, 1.82) is 0 Å². The van der Waals surface area contributed by atoms with E-state index in [-0.39, 0.29) is 22.6 Å². The van der Waals surface area contributed by atoms with Gasteiger partial charge in [0.15, 0.2) is 0 Å². The van der Waals surface area contributed by atoms with E-state index in [2.05, 4.69) is 16.9 Å². The van der Waals surface area contributed by atoms with E-state index in [9.17, 15) is 4.57 Å². The van der Waals surface area contributed by atoms with Gasteiger partial charge in [0.2, 0.25) is 6.29 Å². The van der Waals surface area contributed by atoms with E-state index in [1.54, 1.807) is 0 Å². The average molecular weight is 362 g/mol. The summed E-state index contributed by atoms with van der Waals surface area (Å²) >= 11 is 0. The van der Waals surface area contributed by atoms with E-state index in [0.29, 0.717) is 19.6 Å². The molecular weight excluding hydrogens is 331 g/mol. The molecule has 0 N–H and O–H groups in total. The summed E-state index contributed by atoms with van der Waals surface area (Å²) in [6.45, 7) is 14.1. The van der Waals surface area contributed by atoms with Crippen LogP contribution in [0.25, 0.3) is 10.4 Å². The Morgan fingerprint density at radius 3 is 2.21 bits per heavy atom. The minimum atomic E-state index is -2.39. The first-order chi connectivity index (χ1) is 11.4. The van der Waals surface area contributed by atoms with Gasteiger partial charge < -0.3 is 4.74 Å². The molecule has 6 atom stereocenters. The van der Waals surface area contributed by atoms with Crippen molar-refractivity contribution in [1.82, 2.24) is 0 Å². The van der Waals surface area contributed by atoms with Gasteiger partial charge in [-0.1, -0.05) is 30.4 Å². The van der Waals surface area contributed by atoms with Gasteiger partial charge in [-0.3, -0.25) is 0 Å². The molecule has 0 amide bonds. The van der Waals surface area contributed by atoms with Gasteiger partial charge >= 0.3 is 8.25 Å². The zero-order chi connectivity index (χ0) is 18.3. The lowest BCUT2D eigenvalue weighted by Crippen LogP contribution is -2.49. The fourth-order valence-corrected chi connectivity index (χ4v) is 4.15. The number of hydrogen-bond acceptors (Lipinski definition) is 5. The van der Waals surface area contributed by atoms with Crippen LogP contribution in [0.2, 0.25) is 0 Å². The maximum absolute atomic E-state index is 12.4. The van der Waals surface area contributed by atoms with Gasteiger partial charge in [0.25, 0.3) is 0 Å². The number of hydrogen-bond donors (Lipinski definition) is 0. The first-order valence-electron chi connectivity index (χ1n) is 8.77. The van der Waals surface area contributed by atoms with Gasteiger partial charge in [0.1, 0.15) is 19.6 Å². The summed E-state index contributed by atoms with van der Waals surface area (Å²) in [4.78, 5) is 2.90. The Balaban J connectivity index is 2.88. The largest absolute Gasteiger partial charge is 0.753 e. The monoisotopic (exact) mass is 362 g/mol. The Labute approximate surface area is 145 Å². The lowest BCUT2D eigenvalue weighted by Gasteiger charge is -2.40. The zero-order valence-electron chi connectivity index (χ0n) is 15.6. The lowest BCUT2D eigenvalue weighted by molar-refractivity contribution is -1.08. The Kier molecular flexibility index (Phi) is 8.57. The molecule has 1 aliphatic rings. The molecule has 1 aliphatic heterocycles. The summed E-state index contributed by atoms with van der Waals surface area (Å²) < 4.78 is 29.8. The molecule has 0 aliphatic carbocycles. The molecule has 0 aromatic carbocycles. The number of quaternary nitrogens is 1. The van der Waals surface area contributed by atoms with Gasteiger partial charge in [-0.15, -0.1) is 4.65 Å². The third-order valence-corrected chi connectivity index (χ3v) is 6.15. The van der Waals surface area contributed by atoms with E-state index in [4.69, 9.17) is 19.4 Å². The van der Waals surface area contributed by atoms with Crippen molar-refractivity contribution in [3.63, 3.8) is 0 Å². The molecule has 1 fully saturated rings. The first-order valence-corrected chi connectivity index (χ1v) is 9.86. The minimum absolute atomic E-state index is 0.0266. The second kappa shape index (κ2) is 9.66. The van der Waals surface area contributed by atoms with Gasteiger partial charge in [-0.2, -0.15) is 0 Å². The van der Waals surface area contributed by atoms with Gasteiger partial charge in [0, 0.05) is 9.48 Å². The molecule has 138 valence electrons. The molecule has 1 heterocycles. The minimum Gasteiger partial charge on any atom is -0.344 e. The summed E-state index contributed by atoms with van der Waals surface area (Å²) in [7, 11) is -2.39. The highest BCUT2D eigenvalue weighted by Crippen LogP contribution is 2.40. The van der Waals surface area contributed by atoms with Crippen LogP contribution in [0.15, 0.2) is 5.11 Å². The van der Waals surface area contributed by atoms with Crippen LogP contribution >= 0.6 is 8.25 Å². The van der Waals surface area contributed by atoms with Crippen molar-refractivity contribution < 1.29 is 23.1 Å². The predicted molar refractivity (Wildman–Crippen MR) is 91.9 cm³/mol. The number of hydroxylamine groups is 3. The maximum Gasteiger partial charge on any atom is 0.753 e. The second-order valence-electron chi connectivity index (χ2n) is 6.28. The summed E-state index contributed by atoms with van der Waals surface area (Å²) in [5.41, 5.74) is 8.84. The van der Waals surface area contributed by atoms with Crippen molar-refractivity contribution in [2.45, 2.75) is 66.4 Å². The lowest BCUT2D eigenvalue weighted by atomic mass is 9.81. The molecule has 3 unspecified atom stereocenters. The normalized spacial score (nSPS) is 31.4.